The van der Waals surface area contributed by atoms with Crippen LogP contribution in [0.2, 0.25) is 0 Å². The molecule has 1 fully saturated rings. The van der Waals surface area contributed by atoms with Gasteiger partial charge in [-0.05, 0) is 60.0 Å². The van der Waals surface area contributed by atoms with Gasteiger partial charge in [0.1, 0.15) is 11.6 Å². The second kappa shape index (κ2) is 9.05. The lowest BCUT2D eigenvalue weighted by molar-refractivity contribution is -0.0696. The van der Waals surface area contributed by atoms with Crippen LogP contribution in [0, 0.1) is 35.3 Å². The van der Waals surface area contributed by atoms with E-state index in [1.165, 1.54) is 49.8 Å². The summed E-state index contributed by atoms with van der Waals surface area (Å²) in [6.45, 7) is 0. The first-order chi connectivity index (χ1) is 15.3. The minimum atomic E-state index is -4.83. The first-order valence-electron chi connectivity index (χ1n) is 10.4. The fourth-order valence-electron chi connectivity index (χ4n) is 4.07. The Morgan fingerprint density at radius 1 is 0.750 bits per heavy atom. The van der Waals surface area contributed by atoms with Crippen molar-refractivity contribution in [2.75, 3.05) is 0 Å². The van der Waals surface area contributed by atoms with Crippen LogP contribution in [0.4, 0.5) is 22.0 Å². The van der Waals surface area contributed by atoms with Crippen LogP contribution in [0.25, 0.3) is 10.8 Å². The number of alkyl halides is 3. The zero-order chi connectivity index (χ0) is 22.7. The van der Waals surface area contributed by atoms with Crippen molar-refractivity contribution in [2.45, 2.75) is 44.2 Å². The molecule has 0 nitrogen and oxygen atoms in total. The van der Waals surface area contributed by atoms with E-state index in [9.17, 15) is 22.0 Å². The van der Waals surface area contributed by atoms with Crippen LogP contribution < -0.4 is 0 Å². The fourth-order valence-corrected chi connectivity index (χ4v) is 4.07. The zero-order valence-electron chi connectivity index (χ0n) is 17.1. The molecule has 1 saturated carbocycles. The number of benzene rings is 3. The van der Waals surface area contributed by atoms with Crippen molar-refractivity contribution in [1.29, 1.82) is 0 Å². The molecule has 0 saturated heterocycles. The molecule has 0 amide bonds. The van der Waals surface area contributed by atoms with Crippen LogP contribution in [0.1, 0.15) is 60.3 Å². The third-order valence-electron chi connectivity index (χ3n) is 5.70. The van der Waals surface area contributed by atoms with Crippen LogP contribution >= 0.6 is 0 Å². The van der Waals surface area contributed by atoms with Gasteiger partial charge in [-0.2, -0.15) is 13.2 Å². The SMILES string of the molecule is Fc1cc2cc(C#Cc3ccc(C4CCCCC4)cc3)ccc2c(F)c1C#CC(F)(F)F. The van der Waals surface area contributed by atoms with E-state index in [0.717, 1.165) is 17.6 Å². The average Bonchev–Trinajstić information content (AvgIpc) is 2.77. The summed E-state index contributed by atoms with van der Waals surface area (Å²) in [7, 11) is 0. The summed E-state index contributed by atoms with van der Waals surface area (Å²) in [4.78, 5) is 0. The monoisotopic (exact) mass is 438 g/mol. The van der Waals surface area contributed by atoms with Crippen molar-refractivity contribution >= 4 is 10.8 Å². The van der Waals surface area contributed by atoms with Gasteiger partial charge in [0.25, 0.3) is 0 Å². The molecule has 0 bridgehead atoms. The Balaban J connectivity index is 1.58. The van der Waals surface area contributed by atoms with E-state index < -0.39 is 23.4 Å². The second-order valence-corrected chi connectivity index (χ2v) is 7.94. The van der Waals surface area contributed by atoms with Crippen molar-refractivity contribution in [3.63, 3.8) is 0 Å². The molecule has 0 heterocycles. The average molecular weight is 438 g/mol. The lowest BCUT2D eigenvalue weighted by atomic mass is 9.84. The Hall–Kier alpha value is -3.31. The lowest BCUT2D eigenvalue weighted by Gasteiger charge is -2.21. The third kappa shape index (κ3) is 5.11. The van der Waals surface area contributed by atoms with Crippen LogP contribution in [0.15, 0.2) is 48.5 Å². The molecule has 3 aromatic rings. The summed E-state index contributed by atoms with van der Waals surface area (Å²) in [6.07, 6.45) is 1.46. The summed E-state index contributed by atoms with van der Waals surface area (Å²) in [5.74, 6) is 6.84. The van der Waals surface area contributed by atoms with Gasteiger partial charge in [0, 0.05) is 22.4 Å². The van der Waals surface area contributed by atoms with Gasteiger partial charge in [-0.25, -0.2) is 8.78 Å². The van der Waals surface area contributed by atoms with Crippen LogP contribution in [0.3, 0.4) is 0 Å². The van der Waals surface area contributed by atoms with Crippen molar-refractivity contribution in [1.82, 2.24) is 0 Å². The van der Waals surface area contributed by atoms with E-state index in [0.29, 0.717) is 11.5 Å². The Labute approximate surface area is 183 Å². The molecule has 0 aliphatic heterocycles. The van der Waals surface area contributed by atoms with Gasteiger partial charge in [0.15, 0.2) is 0 Å². The van der Waals surface area contributed by atoms with Gasteiger partial charge in [-0.3, -0.25) is 0 Å². The summed E-state index contributed by atoms with van der Waals surface area (Å²) >= 11 is 0. The molecule has 5 heteroatoms. The Bertz CT molecular complexity index is 1260. The van der Waals surface area contributed by atoms with E-state index in [4.69, 9.17) is 0 Å². The first kappa shape index (κ1) is 21.9. The molecule has 3 aromatic carbocycles. The largest absolute Gasteiger partial charge is 0.458 e. The first-order valence-corrected chi connectivity index (χ1v) is 10.4. The van der Waals surface area contributed by atoms with Gasteiger partial charge < -0.3 is 0 Å². The quantitative estimate of drug-likeness (QED) is 0.273. The molecule has 0 atom stereocenters. The van der Waals surface area contributed by atoms with Crippen LogP contribution in [-0.2, 0) is 0 Å². The van der Waals surface area contributed by atoms with Gasteiger partial charge in [0.2, 0.25) is 0 Å². The predicted molar refractivity (Wildman–Crippen MR) is 115 cm³/mol. The van der Waals surface area contributed by atoms with Crippen molar-refractivity contribution in [3.8, 4) is 23.7 Å². The maximum Gasteiger partial charge on any atom is 0.458 e. The van der Waals surface area contributed by atoms with E-state index in [1.807, 2.05) is 12.1 Å². The van der Waals surface area contributed by atoms with Crippen molar-refractivity contribution in [3.05, 3.63) is 82.4 Å². The molecule has 0 aromatic heterocycles. The third-order valence-corrected chi connectivity index (χ3v) is 5.70. The molecule has 1 aliphatic carbocycles. The van der Waals surface area contributed by atoms with Crippen molar-refractivity contribution in [2.24, 2.45) is 0 Å². The smallest absolute Gasteiger partial charge is 0.205 e. The molecular formula is C27H19F5. The van der Waals surface area contributed by atoms with Crippen LogP contribution in [0.5, 0.6) is 0 Å². The van der Waals surface area contributed by atoms with Gasteiger partial charge in [-0.1, -0.05) is 55.2 Å². The van der Waals surface area contributed by atoms with E-state index in [2.05, 4.69) is 24.0 Å². The fraction of sp³-hybridized carbons (Fsp3) is 0.259. The van der Waals surface area contributed by atoms with E-state index in [1.54, 1.807) is 12.0 Å². The maximum absolute atomic E-state index is 14.5. The molecule has 0 radical (unpaired) electrons. The van der Waals surface area contributed by atoms with Gasteiger partial charge in [0.05, 0.1) is 5.56 Å². The van der Waals surface area contributed by atoms with E-state index >= 15 is 0 Å². The molecule has 0 spiro atoms. The highest BCUT2D eigenvalue weighted by atomic mass is 19.4. The van der Waals surface area contributed by atoms with Crippen LogP contribution in [-0.4, -0.2) is 6.18 Å². The summed E-state index contributed by atoms with van der Waals surface area (Å²) in [5, 5.41) is 0.192. The van der Waals surface area contributed by atoms with Gasteiger partial charge >= 0.3 is 6.18 Å². The minimum Gasteiger partial charge on any atom is -0.205 e. The maximum atomic E-state index is 14.5. The molecular weight excluding hydrogens is 419 g/mol. The lowest BCUT2D eigenvalue weighted by Crippen LogP contribution is -2.04. The highest BCUT2D eigenvalue weighted by molar-refractivity contribution is 5.86. The minimum absolute atomic E-state index is 0.0136. The number of hydrogen-bond acceptors (Lipinski definition) is 0. The Kier molecular flexibility index (Phi) is 6.19. The molecule has 0 N–H and O–H groups in total. The van der Waals surface area contributed by atoms with Crippen molar-refractivity contribution < 1.29 is 22.0 Å². The molecule has 0 unspecified atom stereocenters. The standard InChI is InChI=1S/C27H19F5/c28-25-17-22-16-19(10-13-23(22)26(29)24(25)14-15-27(30,31)32)7-6-18-8-11-21(12-9-18)20-4-2-1-3-5-20/h8-13,16-17,20H,1-5H2. The zero-order valence-corrected chi connectivity index (χ0v) is 17.1. The molecule has 1 aliphatic rings. The summed E-state index contributed by atoms with van der Waals surface area (Å²) in [6, 6.07) is 13.6. The number of hydrogen-bond donors (Lipinski definition) is 0. The number of rotatable bonds is 1. The van der Waals surface area contributed by atoms with E-state index in [-0.39, 0.29) is 10.8 Å². The molecule has 162 valence electrons. The number of fused-ring (bicyclic) bond motifs is 1. The summed E-state index contributed by atoms with van der Waals surface area (Å²) < 4.78 is 65.6. The topological polar surface area (TPSA) is 0 Å². The Morgan fingerprint density at radius 3 is 2.09 bits per heavy atom. The highest BCUT2D eigenvalue weighted by Gasteiger charge is 2.24. The molecule has 4 rings (SSSR count). The normalized spacial score (nSPS) is 14.4. The second-order valence-electron chi connectivity index (χ2n) is 7.94. The Morgan fingerprint density at radius 2 is 1.41 bits per heavy atom. The predicted octanol–water partition coefficient (Wildman–Crippen LogP) is 7.48. The molecule has 32 heavy (non-hydrogen) atoms. The summed E-state index contributed by atoms with van der Waals surface area (Å²) in [5.41, 5.74) is 1.81. The van der Waals surface area contributed by atoms with Gasteiger partial charge in [-0.15, -0.1) is 0 Å². The highest BCUT2D eigenvalue weighted by Crippen LogP contribution is 2.32. The number of halogens is 5.